The molecule has 0 fully saturated rings. The van der Waals surface area contributed by atoms with E-state index in [1.807, 2.05) is 52.8 Å². The Hall–Kier alpha value is -3.85. The van der Waals surface area contributed by atoms with E-state index in [-0.39, 0.29) is 23.4 Å². The van der Waals surface area contributed by atoms with E-state index < -0.39 is 28.5 Å². The maximum absolute atomic E-state index is 14.1. The number of anilines is 1. The number of rotatable bonds is 13. The van der Waals surface area contributed by atoms with E-state index >= 15 is 0 Å². The van der Waals surface area contributed by atoms with Crippen LogP contribution in [0, 0.1) is 13.8 Å². The summed E-state index contributed by atoms with van der Waals surface area (Å²) in [5.41, 5.74) is 2.94. The highest BCUT2D eigenvalue weighted by Gasteiger charge is 2.34. The van der Waals surface area contributed by atoms with Crippen LogP contribution in [-0.2, 0) is 26.2 Å². The van der Waals surface area contributed by atoms with Gasteiger partial charge in [0.1, 0.15) is 18.3 Å². The fourth-order valence-electron chi connectivity index (χ4n) is 4.44. The van der Waals surface area contributed by atoms with Crippen LogP contribution in [0.5, 0.6) is 5.75 Å². The number of ether oxygens (including phenoxy) is 1. The molecule has 0 aliphatic carbocycles. The molecule has 0 aromatic heterocycles. The fraction of sp³-hybridized carbons (Fsp3) is 0.375. The second-order valence-corrected chi connectivity index (χ2v) is 12.1. The van der Waals surface area contributed by atoms with E-state index in [9.17, 15) is 18.0 Å². The molecule has 0 bridgehead atoms. The molecule has 8 nitrogen and oxygen atoms in total. The van der Waals surface area contributed by atoms with Crippen molar-refractivity contribution in [2.75, 3.05) is 18.0 Å². The molecular weight excluding hydrogens is 538 g/mol. The lowest BCUT2D eigenvalue weighted by molar-refractivity contribution is -0.140. The number of methoxy groups -OCH3 is 1. The molecule has 3 rings (SSSR count). The van der Waals surface area contributed by atoms with Crippen molar-refractivity contribution in [1.29, 1.82) is 0 Å². The maximum atomic E-state index is 14.1. The minimum atomic E-state index is -4.10. The average molecular weight is 580 g/mol. The Morgan fingerprint density at radius 3 is 2.12 bits per heavy atom. The van der Waals surface area contributed by atoms with Crippen LogP contribution in [0.3, 0.4) is 0 Å². The second-order valence-electron chi connectivity index (χ2n) is 10.3. The number of benzene rings is 3. The Bertz CT molecular complexity index is 1420. The molecule has 3 aromatic rings. The summed E-state index contributed by atoms with van der Waals surface area (Å²) < 4.78 is 34.3. The number of aryl methyl sites for hydroxylation is 2. The third kappa shape index (κ3) is 8.10. The third-order valence-electron chi connectivity index (χ3n) is 7.08. The standard InChI is InChI=1S/C32H41N3O5S/c1-7-25(5)33-32(37)30(8-2)34(21-26-14-16-28(40-6)17-15-26)31(36)22-35(27-11-9-10-24(4)20-27)41(38,39)29-18-12-23(3)13-19-29/h9-20,25,30H,7-8,21-22H2,1-6H3,(H,33,37)/t25-,30+/m1/s1. The minimum absolute atomic E-state index is 0.0693. The van der Waals surface area contributed by atoms with Gasteiger partial charge in [-0.05, 0) is 81.1 Å². The largest absolute Gasteiger partial charge is 0.497 e. The number of nitrogens with one attached hydrogen (secondary N) is 1. The molecule has 0 aliphatic heterocycles. The van der Waals surface area contributed by atoms with E-state index in [1.54, 1.807) is 61.7 Å². The summed E-state index contributed by atoms with van der Waals surface area (Å²) in [5, 5.41) is 2.99. The van der Waals surface area contributed by atoms with Gasteiger partial charge in [-0.1, -0.05) is 55.8 Å². The number of amides is 2. The van der Waals surface area contributed by atoms with Crippen LogP contribution in [0.4, 0.5) is 5.69 Å². The van der Waals surface area contributed by atoms with Crippen LogP contribution < -0.4 is 14.4 Å². The highest BCUT2D eigenvalue weighted by Crippen LogP contribution is 2.26. The van der Waals surface area contributed by atoms with Crippen molar-refractivity contribution in [2.45, 2.75) is 71.0 Å². The normalized spacial score (nSPS) is 12.7. The molecule has 1 N–H and O–H groups in total. The van der Waals surface area contributed by atoms with E-state index in [1.165, 1.54) is 4.90 Å². The smallest absolute Gasteiger partial charge is 0.264 e. The lowest BCUT2D eigenvalue weighted by Crippen LogP contribution is -2.53. The summed E-state index contributed by atoms with van der Waals surface area (Å²) in [6.07, 6.45) is 1.10. The van der Waals surface area contributed by atoms with Gasteiger partial charge in [-0.2, -0.15) is 0 Å². The van der Waals surface area contributed by atoms with Gasteiger partial charge in [-0.15, -0.1) is 0 Å². The van der Waals surface area contributed by atoms with Gasteiger partial charge >= 0.3 is 0 Å². The number of nitrogens with zero attached hydrogens (tertiary/aromatic N) is 2. The Labute approximate surface area is 244 Å². The molecule has 0 heterocycles. The Morgan fingerprint density at radius 1 is 0.902 bits per heavy atom. The molecule has 220 valence electrons. The number of hydrogen-bond acceptors (Lipinski definition) is 5. The van der Waals surface area contributed by atoms with E-state index in [2.05, 4.69) is 5.32 Å². The molecule has 2 atom stereocenters. The zero-order valence-electron chi connectivity index (χ0n) is 24.8. The van der Waals surface area contributed by atoms with Crippen molar-refractivity contribution < 1.29 is 22.7 Å². The molecular formula is C32H41N3O5S. The van der Waals surface area contributed by atoms with Gasteiger partial charge in [0.05, 0.1) is 17.7 Å². The predicted molar refractivity (Wildman–Crippen MR) is 162 cm³/mol. The third-order valence-corrected chi connectivity index (χ3v) is 8.86. The van der Waals surface area contributed by atoms with Gasteiger partial charge in [0, 0.05) is 12.6 Å². The van der Waals surface area contributed by atoms with Crippen LogP contribution in [0.2, 0.25) is 0 Å². The van der Waals surface area contributed by atoms with Crippen LogP contribution >= 0.6 is 0 Å². The lowest BCUT2D eigenvalue weighted by atomic mass is 10.1. The average Bonchev–Trinajstić information content (AvgIpc) is 2.96. The Morgan fingerprint density at radius 2 is 1.56 bits per heavy atom. The van der Waals surface area contributed by atoms with Crippen molar-refractivity contribution in [3.8, 4) is 5.75 Å². The van der Waals surface area contributed by atoms with Crippen LogP contribution in [-0.4, -0.2) is 50.9 Å². The summed E-state index contributed by atoms with van der Waals surface area (Å²) in [5.74, 6) is -0.0839. The fourth-order valence-corrected chi connectivity index (χ4v) is 5.84. The molecule has 0 radical (unpaired) electrons. The second kappa shape index (κ2) is 14.2. The van der Waals surface area contributed by atoms with Crippen molar-refractivity contribution in [2.24, 2.45) is 0 Å². The molecule has 0 aliphatic rings. The van der Waals surface area contributed by atoms with Gasteiger partial charge < -0.3 is 15.0 Å². The molecule has 0 spiro atoms. The highest BCUT2D eigenvalue weighted by molar-refractivity contribution is 7.92. The van der Waals surface area contributed by atoms with Crippen LogP contribution in [0.25, 0.3) is 0 Å². The number of sulfonamides is 1. The molecule has 0 saturated heterocycles. The Balaban J connectivity index is 2.05. The minimum Gasteiger partial charge on any atom is -0.497 e. The molecule has 41 heavy (non-hydrogen) atoms. The molecule has 0 saturated carbocycles. The first-order chi connectivity index (χ1) is 19.5. The predicted octanol–water partition coefficient (Wildman–Crippen LogP) is 5.23. The molecule has 2 amide bonds. The van der Waals surface area contributed by atoms with Crippen LogP contribution in [0.1, 0.15) is 50.3 Å². The zero-order valence-corrected chi connectivity index (χ0v) is 25.6. The number of hydrogen-bond donors (Lipinski definition) is 1. The first-order valence-corrected chi connectivity index (χ1v) is 15.3. The quantitative estimate of drug-likeness (QED) is 0.299. The van der Waals surface area contributed by atoms with Gasteiger partial charge in [-0.25, -0.2) is 8.42 Å². The summed E-state index contributed by atoms with van der Waals surface area (Å²) >= 11 is 0. The maximum Gasteiger partial charge on any atom is 0.264 e. The van der Waals surface area contributed by atoms with Crippen LogP contribution in [0.15, 0.2) is 77.7 Å². The summed E-state index contributed by atoms with van der Waals surface area (Å²) in [6.45, 7) is 9.13. The van der Waals surface area contributed by atoms with Gasteiger partial charge in [0.2, 0.25) is 11.8 Å². The van der Waals surface area contributed by atoms with Gasteiger partial charge in [-0.3, -0.25) is 13.9 Å². The van der Waals surface area contributed by atoms with Crippen molar-refractivity contribution in [1.82, 2.24) is 10.2 Å². The van der Waals surface area contributed by atoms with E-state index in [4.69, 9.17) is 4.74 Å². The molecule has 0 unspecified atom stereocenters. The number of carbonyl (C=O) groups is 2. The van der Waals surface area contributed by atoms with Crippen molar-refractivity contribution >= 4 is 27.5 Å². The summed E-state index contributed by atoms with van der Waals surface area (Å²) in [7, 11) is -2.53. The lowest BCUT2D eigenvalue weighted by Gasteiger charge is -2.33. The van der Waals surface area contributed by atoms with E-state index in [0.717, 1.165) is 27.4 Å². The van der Waals surface area contributed by atoms with Gasteiger partial charge in [0.15, 0.2) is 0 Å². The summed E-state index contributed by atoms with van der Waals surface area (Å²) in [4.78, 5) is 29.1. The van der Waals surface area contributed by atoms with Gasteiger partial charge in [0.25, 0.3) is 10.0 Å². The monoisotopic (exact) mass is 579 g/mol. The summed E-state index contributed by atoms with van der Waals surface area (Å²) in [6, 6.07) is 20.0. The first kappa shape index (κ1) is 31.7. The Kier molecular flexibility index (Phi) is 10.9. The first-order valence-electron chi connectivity index (χ1n) is 13.9. The topological polar surface area (TPSA) is 96.0 Å². The molecule has 9 heteroatoms. The zero-order chi connectivity index (χ0) is 30.2. The van der Waals surface area contributed by atoms with E-state index in [0.29, 0.717) is 17.9 Å². The highest BCUT2D eigenvalue weighted by atomic mass is 32.2. The SMILES string of the molecule is CC[C@@H](C)NC(=O)[C@H](CC)N(Cc1ccc(OC)cc1)C(=O)CN(c1cccc(C)c1)S(=O)(=O)c1ccc(C)cc1. The van der Waals surface area contributed by atoms with Crippen molar-refractivity contribution in [3.05, 3.63) is 89.5 Å². The van der Waals surface area contributed by atoms with Crippen molar-refractivity contribution in [3.63, 3.8) is 0 Å². The number of carbonyl (C=O) groups excluding carboxylic acids is 2. The molecule has 3 aromatic carbocycles.